The van der Waals surface area contributed by atoms with Gasteiger partial charge in [-0.1, -0.05) is 12.1 Å². The number of nitrogens with one attached hydrogen (secondary N) is 2. The van der Waals surface area contributed by atoms with Crippen molar-refractivity contribution >= 4 is 23.8 Å². The van der Waals surface area contributed by atoms with Crippen LogP contribution in [0.4, 0.5) is 4.79 Å². The van der Waals surface area contributed by atoms with Gasteiger partial charge >= 0.3 is 6.09 Å². The molecule has 0 bridgehead atoms. The molecule has 0 spiro atoms. The summed E-state index contributed by atoms with van der Waals surface area (Å²) in [5, 5.41) is 14.8. The highest BCUT2D eigenvalue weighted by Gasteiger charge is 2.34. The minimum Gasteiger partial charge on any atom is -0.508 e. The Balaban J connectivity index is 3.22. The van der Waals surface area contributed by atoms with E-state index in [1.165, 1.54) is 36.2 Å². The second kappa shape index (κ2) is 11.4. The molecule has 0 aliphatic carbocycles. The zero-order chi connectivity index (χ0) is 24.6. The summed E-state index contributed by atoms with van der Waals surface area (Å²) in [6, 6.07) is 3.51. The van der Waals surface area contributed by atoms with Crippen molar-refractivity contribution < 1.29 is 29.0 Å². The Labute approximate surface area is 188 Å². The quantitative estimate of drug-likeness (QED) is 0.448. The molecule has 5 N–H and O–H groups in total. The molecule has 0 saturated heterocycles. The number of benzene rings is 1. The Kier molecular flexibility index (Phi) is 9.49. The predicted octanol–water partition coefficient (Wildman–Crippen LogP) is 1.58. The third-order valence-electron chi connectivity index (χ3n) is 4.29. The number of rotatable bonds is 9. The van der Waals surface area contributed by atoms with E-state index in [1.807, 2.05) is 0 Å². The molecule has 10 nitrogen and oxygen atoms in total. The number of ether oxygens (including phenoxy) is 1. The van der Waals surface area contributed by atoms with Gasteiger partial charge in [-0.3, -0.25) is 14.4 Å². The number of aromatic hydroxyl groups is 1. The number of likely N-dealkylation sites (N-methyl/N-ethyl adjacent to an activating group) is 1. The van der Waals surface area contributed by atoms with Crippen LogP contribution in [0.2, 0.25) is 0 Å². The Morgan fingerprint density at radius 3 is 2.12 bits per heavy atom. The number of amides is 4. The molecule has 4 amide bonds. The lowest BCUT2D eigenvalue weighted by Gasteiger charge is -2.32. The third-order valence-corrected chi connectivity index (χ3v) is 4.29. The van der Waals surface area contributed by atoms with Crippen molar-refractivity contribution in [3.8, 4) is 5.75 Å². The highest BCUT2D eigenvalue weighted by molar-refractivity contribution is 5.92. The average molecular weight is 451 g/mol. The van der Waals surface area contributed by atoms with Gasteiger partial charge in [-0.25, -0.2) is 4.79 Å². The van der Waals surface area contributed by atoms with Gasteiger partial charge in [0.25, 0.3) is 0 Å². The maximum absolute atomic E-state index is 13.3. The number of carbonyl (C=O) groups excluding carboxylic acids is 4. The van der Waals surface area contributed by atoms with Crippen molar-refractivity contribution in [2.24, 2.45) is 5.73 Å². The average Bonchev–Trinajstić information content (AvgIpc) is 2.64. The SMILES string of the molecule is CC(C)NC(=O)C(c1ccc(O)cc1)N(C)C(=O)C(CCC(N)=O)NC(=O)OC(C)(C)C. The summed E-state index contributed by atoms with van der Waals surface area (Å²) in [4.78, 5) is 51.0. The molecule has 10 heteroatoms. The summed E-state index contributed by atoms with van der Waals surface area (Å²) in [6.07, 6.45) is -1.05. The summed E-state index contributed by atoms with van der Waals surface area (Å²) in [5.74, 6) is -1.66. The first-order chi connectivity index (χ1) is 14.7. The molecule has 0 fully saturated rings. The van der Waals surface area contributed by atoms with Crippen LogP contribution in [0.5, 0.6) is 5.75 Å². The molecule has 2 atom stereocenters. The normalized spacial score (nSPS) is 13.1. The number of nitrogens with zero attached hydrogens (tertiary/aromatic N) is 1. The Bertz CT molecular complexity index is 817. The third kappa shape index (κ3) is 8.83. The lowest BCUT2D eigenvalue weighted by molar-refractivity contribution is -0.141. The highest BCUT2D eigenvalue weighted by Crippen LogP contribution is 2.24. The topological polar surface area (TPSA) is 151 Å². The number of primary amides is 1. The number of hydrogen-bond acceptors (Lipinski definition) is 6. The van der Waals surface area contributed by atoms with Gasteiger partial charge in [-0.2, -0.15) is 0 Å². The molecule has 178 valence electrons. The van der Waals surface area contributed by atoms with E-state index < -0.39 is 41.5 Å². The Morgan fingerprint density at radius 2 is 1.66 bits per heavy atom. The van der Waals surface area contributed by atoms with Gasteiger partial charge in [0, 0.05) is 19.5 Å². The van der Waals surface area contributed by atoms with Crippen molar-refractivity contribution in [2.45, 2.75) is 71.2 Å². The summed E-state index contributed by atoms with van der Waals surface area (Å²) in [6.45, 7) is 8.60. The second-order valence-corrected chi connectivity index (χ2v) is 8.81. The highest BCUT2D eigenvalue weighted by atomic mass is 16.6. The number of carbonyl (C=O) groups is 4. The van der Waals surface area contributed by atoms with Crippen LogP contribution in [-0.4, -0.2) is 58.6 Å². The lowest BCUT2D eigenvalue weighted by Crippen LogP contribution is -2.52. The minimum absolute atomic E-state index is 0.0108. The van der Waals surface area contributed by atoms with Gasteiger partial charge in [-0.05, 0) is 58.7 Å². The molecule has 0 aliphatic rings. The van der Waals surface area contributed by atoms with Crippen molar-refractivity contribution in [1.29, 1.82) is 0 Å². The van der Waals surface area contributed by atoms with E-state index in [4.69, 9.17) is 10.5 Å². The maximum Gasteiger partial charge on any atom is 0.408 e. The molecule has 0 heterocycles. The first-order valence-electron chi connectivity index (χ1n) is 10.3. The predicted molar refractivity (Wildman–Crippen MR) is 118 cm³/mol. The molecular weight excluding hydrogens is 416 g/mol. The maximum atomic E-state index is 13.3. The fourth-order valence-corrected chi connectivity index (χ4v) is 2.94. The fourth-order valence-electron chi connectivity index (χ4n) is 2.94. The Hall–Kier alpha value is -3.30. The zero-order valence-corrected chi connectivity index (χ0v) is 19.5. The summed E-state index contributed by atoms with van der Waals surface area (Å²) >= 11 is 0. The van der Waals surface area contributed by atoms with Gasteiger partial charge in [0.15, 0.2) is 0 Å². The zero-order valence-electron chi connectivity index (χ0n) is 19.5. The molecule has 0 saturated carbocycles. The van der Waals surface area contributed by atoms with E-state index in [1.54, 1.807) is 34.6 Å². The number of alkyl carbamates (subject to hydrolysis) is 1. The summed E-state index contributed by atoms with van der Waals surface area (Å²) in [5.41, 5.74) is 4.89. The molecule has 1 aromatic carbocycles. The van der Waals surface area contributed by atoms with Crippen molar-refractivity contribution in [1.82, 2.24) is 15.5 Å². The van der Waals surface area contributed by atoms with Crippen LogP contribution in [0.15, 0.2) is 24.3 Å². The van der Waals surface area contributed by atoms with Gasteiger partial charge in [0.05, 0.1) is 0 Å². The monoisotopic (exact) mass is 450 g/mol. The smallest absolute Gasteiger partial charge is 0.408 e. The van der Waals surface area contributed by atoms with Crippen LogP contribution in [0.3, 0.4) is 0 Å². The molecule has 0 aliphatic heterocycles. The van der Waals surface area contributed by atoms with Crippen molar-refractivity contribution in [3.05, 3.63) is 29.8 Å². The van der Waals surface area contributed by atoms with Crippen molar-refractivity contribution in [3.63, 3.8) is 0 Å². The van der Waals surface area contributed by atoms with E-state index in [-0.39, 0.29) is 24.6 Å². The van der Waals surface area contributed by atoms with E-state index in [9.17, 15) is 24.3 Å². The Morgan fingerprint density at radius 1 is 1.09 bits per heavy atom. The molecule has 2 unspecified atom stereocenters. The number of phenols is 1. The minimum atomic E-state index is -1.14. The van der Waals surface area contributed by atoms with E-state index in [2.05, 4.69) is 10.6 Å². The van der Waals surface area contributed by atoms with E-state index in [0.717, 1.165) is 0 Å². The summed E-state index contributed by atoms with van der Waals surface area (Å²) < 4.78 is 5.22. The lowest BCUT2D eigenvalue weighted by atomic mass is 10.0. The fraction of sp³-hybridized carbons (Fsp3) is 0.545. The summed E-state index contributed by atoms with van der Waals surface area (Å²) in [7, 11) is 1.42. The van der Waals surface area contributed by atoms with Crippen LogP contribution in [0.1, 0.15) is 59.1 Å². The van der Waals surface area contributed by atoms with Crippen LogP contribution in [0, 0.1) is 0 Å². The first-order valence-corrected chi connectivity index (χ1v) is 10.3. The van der Waals surface area contributed by atoms with Crippen LogP contribution in [-0.2, 0) is 19.1 Å². The molecule has 0 aromatic heterocycles. The molecular formula is C22H34N4O6. The second-order valence-electron chi connectivity index (χ2n) is 8.81. The van der Waals surface area contributed by atoms with Crippen LogP contribution >= 0.6 is 0 Å². The first kappa shape index (κ1) is 26.7. The standard InChI is InChI=1S/C22H34N4O6/c1-13(2)24-19(29)18(14-7-9-15(27)10-8-14)26(6)20(30)16(11-12-17(23)28)25-21(31)32-22(3,4)5/h7-10,13,16,18,27H,11-12H2,1-6H3,(H2,23,28)(H,24,29)(H,25,31). The van der Waals surface area contributed by atoms with Crippen LogP contribution < -0.4 is 16.4 Å². The van der Waals surface area contributed by atoms with Gasteiger partial charge in [0.1, 0.15) is 23.4 Å². The van der Waals surface area contributed by atoms with E-state index in [0.29, 0.717) is 5.56 Å². The van der Waals surface area contributed by atoms with Gasteiger partial charge in [-0.15, -0.1) is 0 Å². The van der Waals surface area contributed by atoms with Crippen LogP contribution in [0.25, 0.3) is 0 Å². The molecule has 0 radical (unpaired) electrons. The number of nitrogens with two attached hydrogens (primary N) is 1. The molecule has 32 heavy (non-hydrogen) atoms. The van der Waals surface area contributed by atoms with Gasteiger partial charge in [0.2, 0.25) is 17.7 Å². The van der Waals surface area contributed by atoms with E-state index >= 15 is 0 Å². The molecule has 1 rings (SSSR count). The van der Waals surface area contributed by atoms with Crippen molar-refractivity contribution in [2.75, 3.05) is 7.05 Å². The molecule has 1 aromatic rings. The largest absolute Gasteiger partial charge is 0.508 e. The number of hydrogen-bond donors (Lipinski definition) is 4. The number of phenolic OH excluding ortho intramolecular Hbond substituents is 1. The van der Waals surface area contributed by atoms with Gasteiger partial charge < -0.3 is 31.1 Å².